The van der Waals surface area contributed by atoms with Crippen LogP contribution in [0.5, 0.6) is 0 Å². The third-order valence-electron chi connectivity index (χ3n) is 2.30. The van der Waals surface area contributed by atoms with Crippen LogP contribution < -0.4 is 11.2 Å². The largest absolute Gasteiger partial charge is 0.346 e. The van der Waals surface area contributed by atoms with E-state index in [-0.39, 0.29) is 12.4 Å². The summed E-state index contributed by atoms with van der Waals surface area (Å²) in [6.45, 7) is 0. The minimum atomic E-state index is -0.513. The van der Waals surface area contributed by atoms with E-state index < -0.39 is 11.2 Å². The Kier molecular flexibility index (Phi) is 2.28. The first-order valence-corrected chi connectivity index (χ1v) is 4.34. The van der Waals surface area contributed by atoms with Gasteiger partial charge < -0.3 is 9.97 Å². The third kappa shape index (κ3) is 1.31. The molecular weight excluding hydrogens is 232 g/mol. The van der Waals surface area contributed by atoms with Gasteiger partial charge in [-0.2, -0.15) is 0 Å². The van der Waals surface area contributed by atoms with E-state index in [0.29, 0.717) is 16.6 Å². The number of nitrogens with one attached hydrogen (secondary N) is 3. The molecule has 0 unspecified atom stereocenters. The second-order valence-electron chi connectivity index (χ2n) is 3.20. The highest BCUT2D eigenvalue weighted by molar-refractivity contribution is 6.01. The van der Waals surface area contributed by atoms with Gasteiger partial charge >= 0.3 is 5.69 Å². The van der Waals surface area contributed by atoms with Gasteiger partial charge in [-0.25, -0.2) is 9.78 Å². The number of halogens is 1. The van der Waals surface area contributed by atoms with Crippen LogP contribution in [0.1, 0.15) is 0 Å². The average Bonchev–Trinajstić information content (AvgIpc) is 2.65. The third-order valence-corrected chi connectivity index (χ3v) is 2.30. The van der Waals surface area contributed by atoms with Crippen LogP contribution in [0.3, 0.4) is 0 Å². The van der Waals surface area contributed by atoms with Crippen molar-refractivity contribution in [2.45, 2.75) is 0 Å². The fraction of sp³-hybridized carbons (Fsp3) is 0. The van der Waals surface area contributed by atoms with Crippen LogP contribution in [-0.4, -0.2) is 19.9 Å². The molecule has 0 aromatic carbocycles. The summed E-state index contributed by atoms with van der Waals surface area (Å²) in [6.07, 6.45) is 3.14. The highest BCUT2D eigenvalue weighted by Gasteiger charge is 2.06. The van der Waals surface area contributed by atoms with Gasteiger partial charge in [0.2, 0.25) is 0 Å². The van der Waals surface area contributed by atoms with E-state index in [1.54, 1.807) is 12.3 Å². The van der Waals surface area contributed by atoms with Gasteiger partial charge in [0.05, 0.1) is 10.9 Å². The Morgan fingerprint density at radius 3 is 2.75 bits per heavy atom. The molecule has 7 heteroatoms. The molecule has 0 aliphatic heterocycles. The summed E-state index contributed by atoms with van der Waals surface area (Å²) in [5.74, 6) is 0. The zero-order valence-electron chi connectivity index (χ0n) is 7.90. The lowest BCUT2D eigenvalue weighted by Gasteiger charge is -1.96. The number of hydrogen-bond acceptors (Lipinski definition) is 3. The average molecular weight is 239 g/mol. The lowest BCUT2D eigenvalue weighted by molar-refractivity contribution is 1.08. The van der Waals surface area contributed by atoms with E-state index in [4.69, 9.17) is 0 Å². The molecule has 0 bridgehead atoms. The van der Waals surface area contributed by atoms with Crippen LogP contribution in [0.2, 0.25) is 0 Å². The molecule has 0 atom stereocenters. The van der Waals surface area contributed by atoms with Crippen molar-refractivity contribution in [2.75, 3.05) is 0 Å². The summed E-state index contributed by atoms with van der Waals surface area (Å²) in [5, 5.41) is 1.11. The number of aromatic amines is 3. The van der Waals surface area contributed by atoms with E-state index in [2.05, 4.69) is 19.9 Å². The molecule has 0 aliphatic carbocycles. The van der Waals surface area contributed by atoms with E-state index >= 15 is 0 Å². The summed E-state index contributed by atoms with van der Waals surface area (Å²) in [5.41, 5.74) is 0.212. The first-order chi connectivity index (χ1) is 7.25. The zero-order valence-corrected chi connectivity index (χ0v) is 8.72. The Bertz CT molecular complexity index is 770. The highest BCUT2D eigenvalue weighted by atomic mass is 35.5. The number of hydrogen-bond donors (Lipinski definition) is 3. The SMILES string of the molecule is Cl.O=c1[nH]c(=O)c2cnc3[nH]ccc3c2[nH]1. The lowest BCUT2D eigenvalue weighted by atomic mass is 10.2. The lowest BCUT2D eigenvalue weighted by Crippen LogP contribution is -2.21. The first-order valence-electron chi connectivity index (χ1n) is 4.34. The zero-order chi connectivity index (χ0) is 10.4. The van der Waals surface area contributed by atoms with E-state index in [9.17, 15) is 9.59 Å². The van der Waals surface area contributed by atoms with Crippen LogP contribution in [0.25, 0.3) is 21.9 Å². The molecule has 3 N–H and O–H groups in total. The smallest absolute Gasteiger partial charge is 0.326 e. The van der Waals surface area contributed by atoms with Gasteiger partial charge in [-0.3, -0.25) is 9.78 Å². The number of nitrogens with zero attached hydrogens (tertiary/aromatic N) is 1. The Morgan fingerprint density at radius 1 is 1.12 bits per heavy atom. The van der Waals surface area contributed by atoms with Gasteiger partial charge in [-0.15, -0.1) is 12.4 Å². The van der Waals surface area contributed by atoms with Crippen LogP contribution in [0, 0.1) is 0 Å². The van der Waals surface area contributed by atoms with Gasteiger partial charge in [0.15, 0.2) is 0 Å². The molecule has 3 heterocycles. The van der Waals surface area contributed by atoms with Crippen LogP contribution in [-0.2, 0) is 0 Å². The van der Waals surface area contributed by atoms with Crippen molar-refractivity contribution in [1.29, 1.82) is 0 Å². The van der Waals surface area contributed by atoms with Gasteiger partial charge in [-0.05, 0) is 6.07 Å². The topological polar surface area (TPSA) is 94.4 Å². The molecule has 0 saturated carbocycles. The fourth-order valence-corrected chi connectivity index (χ4v) is 1.63. The predicted molar refractivity (Wildman–Crippen MR) is 62.1 cm³/mol. The molecule has 0 saturated heterocycles. The Morgan fingerprint density at radius 2 is 1.94 bits per heavy atom. The Hall–Kier alpha value is -2.08. The second-order valence-corrected chi connectivity index (χ2v) is 3.20. The second kappa shape index (κ2) is 3.49. The number of fused-ring (bicyclic) bond motifs is 3. The van der Waals surface area contributed by atoms with Crippen molar-refractivity contribution in [3.8, 4) is 0 Å². The molecule has 6 nitrogen and oxygen atoms in total. The quantitative estimate of drug-likeness (QED) is 0.533. The highest BCUT2D eigenvalue weighted by Crippen LogP contribution is 2.16. The summed E-state index contributed by atoms with van der Waals surface area (Å²) >= 11 is 0. The van der Waals surface area contributed by atoms with Crippen LogP contribution in [0.4, 0.5) is 0 Å². The maximum absolute atomic E-state index is 11.4. The van der Waals surface area contributed by atoms with Crippen molar-refractivity contribution < 1.29 is 0 Å². The normalized spacial score (nSPS) is 10.5. The van der Waals surface area contributed by atoms with Gasteiger partial charge in [0, 0.05) is 17.8 Å². The van der Waals surface area contributed by atoms with Crippen molar-refractivity contribution in [3.63, 3.8) is 0 Å². The predicted octanol–water partition coefficient (Wildman–Crippen LogP) is 0.514. The van der Waals surface area contributed by atoms with Crippen molar-refractivity contribution >= 4 is 34.3 Å². The fourth-order valence-electron chi connectivity index (χ4n) is 1.63. The van der Waals surface area contributed by atoms with E-state index in [1.165, 1.54) is 6.20 Å². The van der Waals surface area contributed by atoms with Crippen molar-refractivity contribution in [3.05, 3.63) is 39.3 Å². The van der Waals surface area contributed by atoms with Crippen LogP contribution in [0.15, 0.2) is 28.0 Å². The Labute approximate surface area is 94.1 Å². The van der Waals surface area contributed by atoms with E-state index in [0.717, 1.165) is 5.39 Å². The van der Waals surface area contributed by atoms with E-state index in [1.807, 2.05) is 0 Å². The molecule has 3 rings (SSSR count). The van der Waals surface area contributed by atoms with Crippen molar-refractivity contribution in [2.24, 2.45) is 0 Å². The van der Waals surface area contributed by atoms with Gasteiger partial charge in [-0.1, -0.05) is 0 Å². The minimum Gasteiger partial charge on any atom is -0.346 e. The Balaban J connectivity index is 0.000000963. The number of aromatic nitrogens is 4. The monoisotopic (exact) mass is 238 g/mol. The maximum Gasteiger partial charge on any atom is 0.326 e. The van der Waals surface area contributed by atoms with Gasteiger partial charge in [0.1, 0.15) is 5.65 Å². The molecule has 0 radical (unpaired) electrons. The molecular formula is C9H7ClN4O2. The molecule has 16 heavy (non-hydrogen) atoms. The van der Waals surface area contributed by atoms with Gasteiger partial charge in [0.25, 0.3) is 5.56 Å². The first kappa shape index (κ1) is 10.4. The summed E-state index contributed by atoms with van der Waals surface area (Å²) in [7, 11) is 0. The summed E-state index contributed by atoms with van der Waals surface area (Å²) in [6, 6.07) is 1.76. The number of pyridine rings is 1. The number of rotatable bonds is 0. The molecule has 0 spiro atoms. The van der Waals surface area contributed by atoms with Crippen molar-refractivity contribution in [1.82, 2.24) is 19.9 Å². The number of H-pyrrole nitrogens is 3. The molecule has 3 aromatic heterocycles. The minimum absolute atomic E-state index is 0. The standard InChI is InChI=1S/C9H6N4O2.ClH/c14-8-5-3-11-7-4(1-2-10-7)6(5)12-9(15)13-8;/h1-3H,(H,10,11)(H2,12,13,14,15);1H. The molecule has 0 amide bonds. The molecule has 3 aromatic rings. The maximum atomic E-state index is 11.4. The van der Waals surface area contributed by atoms with Crippen LogP contribution >= 0.6 is 12.4 Å². The molecule has 0 fully saturated rings. The molecule has 0 aliphatic rings. The molecule has 82 valence electrons. The summed E-state index contributed by atoms with van der Waals surface area (Å²) in [4.78, 5) is 34.3. The summed E-state index contributed by atoms with van der Waals surface area (Å²) < 4.78 is 0.